The molecule has 2 aliphatic rings. The maximum absolute atomic E-state index is 13.3. The molecule has 0 aromatic heterocycles. The fourth-order valence-electron chi connectivity index (χ4n) is 4.62. The number of carbonyl (C=O) groups excluding carboxylic acids is 3. The summed E-state index contributed by atoms with van der Waals surface area (Å²) in [4.78, 5) is 38.8. The molecule has 3 N–H and O–H groups in total. The van der Waals surface area contributed by atoms with Crippen molar-refractivity contribution in [2.45, 2.75) is 32.6 Å². The van der Waals surface area contributed by atoms with Gasteiger partial charge in [-0.25, -0.2) is 4.79 Å². The number of ketones is 1. The van der Waals surface area contributed by atoms with Gasteiger partial charge >= 0.3 is 5.97 Å². The molecule has 1 heterocycles. The van der Waals surface area contributed by atoms with Crippen LogP contribution in [0.4, 0.5) is 5.69 Å². The number of Topliss-reactive ketones (excluding diaryl/α,β-unsaturated/α-hetero) is 1. The number of nitrogens with one attached hydrogen (secondary N) is 1. The molecule has 0 saturated heterocycles. The number of nitrogens with two attached hydrogens (primary N) is 1. The van der Waals surface area contributed by atoms with E-state index in [1.54, 1.807) is 42.5 Å². The number of hydrogen-bond acceptors (Lipinski definition) is 7. The Balaban J connectivity index is 1.68. The summed E-state index contributed by atoms with van der Waals surface area (Å²) in [5, 5.41) is 3.42. The Kier molecular flexibility index (Phi) is 7.52. The van der Waals surface area contributed by atoms with E-state index in [-0.39, 0.29) is 35.7 Å². The fourth-order valence-corrected chi connectivity index (χ4v) is 5.15. The number of amides is 1. The molecule has 0 saturated carbocycles. The van der Waals surface area contributed by atoms with Crippen molar-refractivity contribution in [1.82, 2.24) is 0 Å². The summed E-state index contributed by atoms with van der Waals surface area (Å²) >= 11 is 12.0. The normalized spacial score (nSPS) is 18.6. The number of hydrogen-bond donors (Lipinski definition) is 2. The van der Waals surface area contributed by atoms with E-state index in [0.717, 1.165) is 0 Å². The molecule has 1 atom stereocenters. The zero-order chi connectivity index (χ0) is 26.9. The lowest BCUT2D eigenvalue weighted by atomic mass is 9.70. The highest BCUT2D eigenvalue weighted by atomic mass is 35.5. The predicted molar refractivity (Wildman–Crippen MR) is 139 cm³/mol. The largest absolute Gasteiger partial charge is 0.483 e. The maximum atomic E-state index is 13.3. The lowest BCUT2D eigenvalue weighted by molar-refractivity contribution is -0.136. The van der Waals surface area contributed by atoms with E-state index in [4.69, 9.17) is 43.1 Å². The number of halogens is 2. The quantitative estimate of drug-likeness (QED) is 0.485. The first kappa shape index (κ1) is 26.6. The highest BCUT2D eigenvalue weighted by Gasteiger charge is 2.45. The van der Waals surface area contributed by atoms with E-state index in [2.05, 4.69) is 5.32 Å². The Morgan fingerprint density at radius 1 is 1.14 bits per heavy atom. The Morgan fingerprint density at radius 2 is 1.81 bits per heavy atom. The summed E-state index contributed by atoms with van der Waals surface area (Å²) in [6.45, 7) is 3.57. The Hall–Kier alpha value is -3.49. The summed E-state index contributed by atoms with van der Waals surface area (Å²) in [5.74, 6) is -1.64. The van der Waals surface area contributed by atoms with Gasteiger partial charge in [0.05, 0.1) is 13.0 Å². The topological polar surface area (TPSA) is 117 Å². The number of methoxy groups -OCH3 is 1. The number of anilines is 1. The molecule has 194 valence electrons. The van der Waals surface area contributed by atoms with Crippen LogP contribution in [-0.4, -0.2) is 31.4 Å². The van der Waals surface area contributed by atoms with Crippen LogP contribution in [0.3, 0.4) is 0 Å². The predicted octanol–water partition coefficient (Wildman–Crippen LogP) is 5.11. The van der Waals surface area contributed by atoms with Crippen molar-refractivity contribution in [1.29, 1.82) is 0 Å². The summed E-state index contributed by atoms with van der Waals surface area (Å²) in [6.07, 6.45) is 0.737. The Morgan fingerprint density at radius 3 is 2.49 bits per heavy atom. The van der Waals surface area contributed by atoms with Gasteiger partial charge in [-0.2, -0.15) is 0 Å². The van der Waals surface area contributed by atoms with Gasteiger partial charge in [0.15, 0.2) is 12.4 Å². The molecular weight excluding hydrogens is 519 g/mol. The van der Waals surface area contributed by atoms with Crippen LogP contribution in [0.15, 0.2) is 65.3 Å². The minimum absolute atomic E-state index is 0.00313. The smallest absolute Gasteiger partial charge is 0.340 e. The number of para-hydroxylation sites is 1. The summed E-state index contributed by atoms with van der Waals surface area (Å²) in [7, 11) is 1.23. The average Bonchev–Trinajstić information content (AvgIpc) is 2.80. The number of benzene rings is 2. The lowest BCUT2D eigenvalue weighted by Gasteiger charge is -2.38. The lowest BCUT2D eigenvalue weighted by Crippen LogP contribution is -2.35. The molecule has 10 heteroatoms. The fraction of sp³-hybridized carbons (Fsp3) is 0.296. The van der Waals surface area contributed by atoms with Crippen LogP contribution >= 0.6 is 23.2 Å². The van der Waals surface area contributed by atoms with Crippen LogP contribution in [-0.2, 0) is 23.9 Å². The SMILES string of the molecule is COC(=O)C1=C(N)OC2=C(C(=O)CC(C)(C)C2)C1c1ccccc1OCC(=O)Nc1cc(Cl)cc(Cl)c1. The first-order chi connectivity index (χ1) is 17.5. The second-order valence-corrected chi connectivity index (χ2v) is 10.5. The second-order valence-electron chi connectivity index (χ2n) is 9.62. The molecule has 1 unspecified atom stereocenters. The van der Waals surface area contributed by atoms with Crippen LogP contribution in [0.2, 0.25) is 10.0 Å². The molecular formula is C27H26Cl2N2O6. The Labute approximate surface area is 224 Å². The van der Waals surface area contributed by atoms with Crippen molar-refractivity contribution >= 4 is 46.5 Å². The van der Waals surface area contributed by atoms with Gasteiger partial charge in [0.1, 0.15) is 17.1 Å². The monoisotopic (exact) mass is 544 g/mol. The van der Waals surface area contributed by atoms with E-state index >= 15 is 0 Å². The first-order valence-electron chi connectivity index (χ1n) is 11.5. The highest BCUT2D eigenvalue weighted by Crippen LogP contribution is 2.49. The second kappa shape index (κ2) is 10.5. The van der Waals surface area contributed by atoms with E-state index in [0.29, 0.717) is 44.8 Å². The van der Waals surface area contributed by atoms with Crippen LogP contribution in [0.1, 0.15) is 38.2 Å². The number of allylic oxidation sites excluding steroid dienone is 2. The molecule has 2 aromatic carbocycles. The molecule has 0 spiro atoms. The third-order valence-electron chi connectivity index (χ3n) is 6.10. The van der Waals surface area contributed by atoms with Crippen LogP contribution in [0, 0.1) is 5.41 Å². The van der Waals surface area contributed by atoms with E-state index in [9.17, 15) is 14.4 Å². The molecule has 37 heavy (non-hydrogen) atoms. The third kappa shape index (κ3) is 5.76. The number of rotatable bonds is 6. The molecule has 8 nitrogen and oxygen atoms in total. The van der Waals surface area contributed by atoms with E-state index in [1.165, 1.54) is 7.11 Å². The summed E-state index contributed by atoms with van der Waals surface area (Å²) in [5.41, 5.74) is 7.09. The molecule has 0 fully saturated rings. The maximum Gasteiger partial charge on any atom is 0.340 e. The molecule has 4 rings (SSSR count). The first-order valence-corrected chi connectivity index (χ1v) is 12.2. The summed E-state index contributed by atoms with van der Waals surface area (Å²) < 4.78 is 16.6. The van der Waals surface area contributed by atoms with E-state index in [1.807, 2.05) is 13.8 Å². The minimum Gasteiger partial charge on any atom is -0.483 e. The van der Waals surface area contributed by atoms with Crippen molar-refractivity contribution in [3.8, 4) is 5.75 Å². The minimum atomic E-state index is -0.884. The van der Waals surface area contributed by atoms with Crippen molar-refractivity contribution in [3.05, 3.63) is 80.9 Å². The molecule has 1 aliphatic carbocycles. The van der Waals surface area contributed by atoms with Gasteiger partial charge in [-0.05, 0) is 29.7 Å². The molecule has 0 radical (unpaired) electrons. The molecule has 1 amide bonds. The van der Waals surface area contributed by atoms with Crippen molar-refractivity contribution in [2.75, 3.05) is 19.0 Å². The van der Waals surface area contributed by atoms with Crippen molar-refractivity contribution in [2.24, 2.45) is 11.1 Å². The number of ether oxygens (including phenoxy) is 3. The van der Waals surface area contributed by atoms with Gasteiger partial charge in [0.25, 0.3) is 5.91 Å². The van der Waals surface area contributed by atoms with Gasteiger partial charge in [0, 0.05) is 39.7 Å². The average molecular weight is 545 g/mol. The van der Waals surface area contributed by atoms with Gasteiger partial charge < -0.3 is 25.3 Å². The highest BCUT2D eigenvalue weighted by molar-refractivity contribution is 6.35. The molecule has 1 aliphatic heterocycles. The van der Waals surface area contributed by atoms with Gasteiger partial charge in [0.2, 0.25) is 5.88 Å². The van der Waals surface area contributed by atoms with E-state index < -0.39 is 17.8 Å². The third-order valence-corrected chi connectivity index (χ3v) is 6.53. The number of esters is 1. The van der Waals surface area contributed by atoms with Crippen LogP contribution in [0.5, 0.6) is 5.75 Å². The molecule has 0 bridgehead atoms. The van der Waals surface area contributed by atoms with Crippen LogP contribution < -0.4 is 15.8 Å². The van der Waals surface area contributed by atoms with Crippen LogP contribution in [0.25, 0.3) is 0 Å². The number of carbonyl (C=O) groups is 3. The summed E-state index contributed by atoms with van der Waals surface area (Å²) in [6, 6.07) is 11.5. The standard InChI is InChI=1S/C27H26Cl2N2O6/c1-27(2)11-18(32)23-20(12-27)37-25(30)24(26(34)35-3)22(23)17-6-4-5-7-19(17)36-13-21(33)31-16-9-14(28)8-15(29)10-16/h4-10,22H,11-13,30H2,1-3H3,(H,31,33). The van der Waals surface area contributed by atoms with Crippen molar-refractivity contribution < 1.29 is 28.6 Å². The van der Waals surface area contributed by atoms with Gasteiger partial charge in [-0.3, -0.25) is 9.59 Å². The van der Waals surface area contributed by atoms with Gasteiger partial charge in [-0.1, -0.05) is 55.2 Å². The Bertz CT molecular complexity index is 1330. The zero-order valence-corrected chi connectivity index (χ0v) is 22.0. The zero-order valence-electron chi connectivity index (χ0n) is 20.5. The molecule has 2 aromatic rings. The van der Waals surface area contributed by atoms with Gasteiger partial charge in [-0.15, -0.1) is 0 Å². The van der Waals surface area contributed by atoms with Crippen molar-refractivity contribution in [3.63, 3.8) is 0 Å².